The van der Waals surface area contributed by atoms with Gasteiger partial charge in [0, 0.05) is 24.0 Å². The zero-order valence-electron chi connectivity index (χ0n) is 21.2. The Kier molecular flexibility index (Phi) is 7.51. The molecule has 0 unspecified atom stereocenters. The molecular formula is C30H28FN3O3S. The lowest BCUT2D eigenvalue weighted by Gasteiger charge is -2.38. The van der Waals surface area contributed by atoms with E-state index in [9.17, 15) is 14.0 Å². The Morgan fingerprint density at radius 1 is 1.11 bits per heavy atom. The van der Waals surface area contributed by atoms with E-state index in [-0.39, 0.29) is 30.3 Å². The molecule has 0 saturated heterocycles. The first-order chi connectivity index (χ1) is 18.4. The van der Waals surface area contributed by atoms with Crippen molar-refractivity contribution >= 4 is 28.8 Å². The fourth-order valence-electron chi connectivity index (χ4n) is 4.62. The molecule has 0 radical (unpaired) electrons. The van der Waals surface area contributed by atoms with E-state index in [2.05, 4.69) is 10.3 Å². The van der Waals surface area contributed by atoms with Gasteiger partial charge < -0.3 is 15.0 Å². The molecule has 1 aliphatic rings. The van der Waals surface area contributed by atoms with Crippen molar-refractivity contribution in [1.82, 2.24) is 9.88 Å². The van der Waals surface area contributed by atoms with Gasteiger partial charge in [-0.3, -0.25) is 9.59 Å². The Labute approximate surface area is 225 Å². The first-order valence-corrected chi connectivity index (χ1v) is 13.4. The molecule has 0 fully saturated rings. The number of carbonyl (C=O) groups excluding carboxylic acids is 2. The van der Waals surface area contributed by atoms with Crippen LogP contribution < -0.4 is 10.1 Å². The molecule has 2 heterocycles. The van der Waals surface area contributed by atoms with Crippen LogP contribution >= 0.6 is 11.3 Å². The van der Waals surface area contributed by atoms with Gasteiger partial charge in [-0.1, -0.05) is 42.8 Å². The Bertz CT molecular complexity index is 1450. The standard InChI is InChI=1S/C30H28FN3O3S/c1-3-28(35)34-15-14-20-8-13-24(16-25(20)29(34)21-6-9-22(31)10-7-21)37-17-27-33-26(18-38-27)30(36)32-23-11-4-19(2)5-12-23/h4-13,16,18,29H,3,14-15,17H2,1-2H3,(H,32,36)/t29-/m1/s1. The average molecular weight is 530 g/mol. The summed E-state index contributed by atoms with van der Waals surface area (Å²) in [6, 6.07) is 19.5. The van der Waals surface area contributed by atoms with Crippen LogP contribution in [0, 0.1) is 12.7 Å². The molecule has 3 aromatic carbocycles. The predicted octanol–water partition coefficient (Wildman–Crippen LogP) is 6.31. The van der Waals surface area contributed by atoms with Crippen LogP contribution in [-0.4, -0.2) is 28.2 Å². The molecule has 6 nitrogen and oxygen atoms in total. The average Bonchev–Trinajstić information content (AvgIpc) is 3.42. The van der Waals surface area contributed by atoms with E-state index in [0.717, 1.165) is 28.7 Å². The van der Waals surface area contributed by atoms with Crippen molar-refractivity contribution in [2.75, 3.05) is 11.9 Å². The number of benzene rings is 3. The predicted molar refractivity (Wildman–Crippen MR) is 146 cm³/mol. The van der Waals surface area contributed by atoms with Crippen molar-refractivity contribution < 1.29 is 18.7 Å². The van der Waals surface area contributed by atoms with Gasteiger partial charge in [0.15, 0.2) is 0 Å². The number of thiazole rings is 1. The molecule has 4 aromatic rings. The molecular weight excluding hydrogens is 501 g/mol. The molecule has 0 spiro atoms. The van der Waals surface area contributed by atoms with Crippen LogP contribution in [0.3, 0.4) is 0 Å². The fourth-order valence-corrected chi connectivity index (χ4v) is 5.30. The summed E-state index contributed by atoms with van der Waals surface area (Å²) < 4.78 is 19.7. The van der Waals surface area contributed by atoms with Crippen LogP contribution in [0.4, 0.5) is 10.1 Å². The summed E-state index contributed by atoms with van der Waals surface area (Å²) in [5, 5.41) is 5.25. The van der Waals surface area contributed by atoms with Crippen LogP contribution in [0.2, 0.25) is 0 Å². The van der Waals surface area contributed by atoms with E-state index in [1.54, 1.807) is 17.5 Å². The van der Waals surface area contributed by atoms with Gasteiger partial charge in [-0.05, 0) is 66.4 Å². The van der Waals surface area contributed by atoms with Crippen LogP contribution in [0.5, 0.6) is 5.75 Å². The van der Waals surface area contributed by atoms with Gasteiger partial charge in [-0.2, -0.15) is 0 Å². The monoisotopic (exact) mass is 529 g/mol. The van der Waals surface area contributed by atoms with Crippen LogP contribution in [0.15, 0.2) is 72.1 Å². The molecule has 0 saturated carbocycles. The quantitative estimate of drug-likeness (QED) is 0.305. The Morgan fingerprint density at radius 3 is 2.61 bits per heavy atom. The normalized spacial score (nSPS) is 14.6. The molecule has 1 N–H and O–H groups in total. The number of aromatic nitrogens is 1. The Hall–Kier alpha value is -4.04. The van der Waals surface area contributed by atoms with E-state index in [4.69, 9.17) is 4.74 Å². The van der Waals surface area contributed by atoms with Crippen LogP contribution in [0.1, 0.15) is 57.1 Å². The van der Waals surface area contributed by atoms with E-state index in [0.29, 0.717) is 35.1 Å². The van der Waals surface area contributed by atoms with Crippen LogP contribution in [0.25, 0.3) is 0 Å². The highest BCUT2D eigenvalue weighted by Crippen LogP contribution is 2.37. The van der Waals surface area contributed by atoms with Gasteiger partial charge >= 0.3 is 0 Å². The fraction of sp³-hybridized carbons (Fsp3) is 0.233. The summed E-state index contributed by atoms with van der Waals surface area (Å²) in [7, 11) is 0. The molecule has 38 heavy (non-hydrogen) atoms. The number of carbonyl (C=O) groups is 2. The summed E-state index contributed by atoms with van der Waals surface area (Å²) in [4.78, 5) is 31.7. The van der Waals surface area contributed by atoms with Crippen LogP contribution in [-0.2, 0) is 17.8 Å². The minimum Gasteiger partial charge on any atom is -0.486 e. The lowest BCUT2D eigenvalue weighted by Crippen LogP contribution is -2.40. The lowest BCUT2D eigenvalue weighted by molar-refractivity contribution is -0.132. The SMILES string of the molecule is CCC(=O)N1CCc2ccc(OCc3nc(C(=O)Nc4ccc(C)cc4)cs3)cc2[C@H]1c1ccc(F)cc1. The zero-order valence-corrected chi connectivity index (χ0v) is 22.1. The van der Waals surface area contributed by atoms with Gasteiger partial charge in [0.05, 0.1) is 6.04 Å². The summed E-state index contributed by atoms with van der Waals surface area (Å²) in [5.41, 5.74) is 5.13. The van der Waals surface area contributed by atoms with E-state index < -0.39 is 0 Å². The number of rotatable bonds is 7. The van der Waals surface area contributed by atoms with Crippen molar-refractivity contribution in [1.29, 1.82) is 0 Å². The number of hydrogen-bond acceptors (Lipinski definition) is 5. The second kappa shape index (κ2) is 11.1. The third-order valence-corrected chi connectivity index (χ3v) is 7.43. The molecule has 5 rings (SSSR count). The molecule has 1 aliphatic heterocycles. The first kappa shape index (κ1) is 25.6. The maximum Gasteiger partial charge on any atom is 0.275 e. The molecule has 8 heteroatoms. The van der Waals surface area contributed by atoms with E-state index in [1.807, 2.05) is 61.2 Å². The molecule has 1 aromatic heterocycles. The number of ether oxygens (including phenoxy) is 1. The number of amides is 2. The highest BCUT2D eigenvalue weighted by molar-refractivity contribution is 7.09. The summed E-state index contributed by atoms with van der Waals surface area (Å²) in [5.74, 6) is 0.108. The Morgan fingerprint density at radius 2 is 1.87 bits per heavy atom. The van der Waals surface area contributed by atoms with E-state index >= 15 is 0 Å². The number of fused-ring (bicyclic) bond motifs is 1. The molecule has 0 aliphatic carbocycles. The van der Waals surface area contributed by atoms with E-state index in [1.165, 1.54) is 23.5 Å². The number of anilines is 1. The Balaban J connectivity index is 1.32. The largest absolute Gasteiger partial charge is 0.486 e. The maximum absolute atomic E-state index is 13.6. The zero-order chi connectivity index (χ0) is 26.6. The molecule has 194 valence electrons. The van der Waals surface area contributed by atoms with Crippen molar-refractivity contribution in [2.24, 2.45) is 0 Å². The third kappa shape index (κ3) is 5.60. The van der Waals surface area contributed by atoms with Gasteiger partial charge in [0.2, 0.25) is 5.91 Å². The molecule has 1 atom stereocenters. The first-order valence-electron chi connectivity index (χ1n) is 12.5. The van der Waals surface area contributed by atoms with Crippen molar-refractivity contribution in [3.8, 4) is 5.75 Å². The number of halogens is 1. The number of hydrogen-bond donors (Lipinski definition) is 1. The van der Waals surface area contributed by atoms with Crippen molar-refractivity contribution in [3.63, 3.8) is 0 Å². The highest BCUT2D eigenvalue weighted by atomic mass is 32.1. The van der Waals surface area contributed by atoms with Gasteiger partial charge in [-0.15, -0.1) is 11.3 Å². The van der Waals surface area contributed by atoms with Gasteiger partial charge in [0.25, 0.3) is 5.91 Å². The van der Waals surface area contributed by atoms with Gasteiger partial charge in [0.1, 0.15) is 28.9 Å². The third-order valence-electron chi connectivity index (χ3n) is 6.61. The minimum absolute atomic E-state index is 0.0514. The summed E-state index contributed by atoms with van der Waals surface area (Å²) in [6.45, 7) is 4.65. The highest BCUT2D eigenvalue weighted by Gasteiger charge is 2.31. The number of nitrogens with one attached hydrogen (secondary N) is 1. The molecule has 2 amide bonds. The molecule has 0 bridgehead atoms. The minimum atomic E-state index is -0.314. The summed E-state index contributed by atoms with van der Waals surface area (Å²) >= 11 is 1.36. The lowest BCUT2D eigenvalue weighted by atomic mass is 9.87. The maximum atomic E-state index is 13.6. The van der Waals surface area contributed by atoms with Gasteiger partial charge in [-0.25, -0.2) is 9.37 Å². The van der Waals surface area contributed by atoms with Crippen molar-refractivity contribution in [2.45, 2.75) is 39.3 Å². The second-order valence-electron chi connectivity index (χ2n) is 9.24. The smallest absolute Gasteiger partial charge is 0.275 e. The second-order valence-corrected chi connectivity index (χ2v) is 10.2. The summed E-state index contributed by atoms with van der Waals surface area (Å²) in [6.07, 6.45) is 1.14. The number of nitrogens with zero attached hydrogens (tertiary/aromatic N) is 2. The van der Waals surface area contributed by atoms with Crippen molar-refractivity contribution in [3.05, 3.63) is 111 Å². The topological polar surface area (TPSA) is 71.5 Å². The number of aryl methyl sites for hydroxylation is 1.